The van der Waals surface area contributed by atoms with E-state index in [0.29, 0.717) is 12.5 Å². The summed E-state index contributed by atoms with van der Waals surface area (Å²) >= 11 is 0. The summed E-state index contributed by atoms with van der Waals surface area (Å²) in [4.78, 5) is 10.9. The van der Waals surface area contributed by atoms with E-state index in [1.165, 1.54) is 0 Å². The number of hydrogen-bond donors (Lipinski definition) is 1. The van der Waals surface area contributed by atoms with Crippen molar-refractivity contribution in [2.24, 2.45) is 5.73 Å². The molecule has 0 bridgehead atoms. The zero-order valence-corrected chi connectivity index (χ0v) is 9.99. The monoisotopic (exact) mass is 208 g/mol. The van der Waals surface area contributed by atoms with Crippen LogP contribution in [0.5, 0.6) is 0 Å². The van der Waals surface area contributed by atoms with Crippen molar-refractivity contribution in [3.05, 3.63) is 17.7 Å². The second kappa shape index (κ2) is 5.07. The normalized spacial score (nSPS) is 10.8. The second-order valence-electron chi connectivity index (χ2n) is 3.93. The number of nitrogens with zero attached hydrogens (tertiary/aromatic N) is 3. The van der Waals surface area contributed by atoms with Crippen molar-refractivity contribution in [1.29, 1.82) is 0 Å². The molecule has 0 aliphatic heterocycles. The fourth-order valence-corrected chi connectivity index (χ4v) is 1.34. The Morgan fingerprint density at radius 3 is 2.60 bits per heavy atom. The molecule has 0 aromatic carbocycles. The van der Waals surface area contributed by atoms with Crippen LogP contribution in [0.3, 0.4) is 0 Å². The second-order valence-corrected chi connectivity index (χ2v) is 3.93. The summed E-state index contributed by atoms with van der Waals surface area (Å²) in [6.45, 7) is 7.65. The van der Waals surface area contributed by atoms with Gasteiger partial charge in [0, 0.05) is 26.1 Å². The first kappa shape index (κ1) is 11.9. The minimum absolute atomic E-state index is 0.344. The quantitative estimate of drug-likeness (QED) is 0.815. The van der Waals surface area contributed by atoms with E-state index in [2.05, 4.69) is 35.6 Å². The molecule has 1 heterocycles. The Kier molecular flexibility index (Phi) is 4.03. The largest absolute Gasteiger partial charge is 0.372 e. The predicted molar refractivity (Wildman–Crippen MR) is 63.0 cm³/mol. The van der Waals surface area contributed by atoms with Gasteiger partial charge in [-0.25, -0.2) is 9.97 Å². The summed E-state index contributed by atoms with van der Waals surface area (Å²) < 4.78 is 0. The molecule has 1 rings (SSSR count). The lowest BCUT2D eigenvalue weighted by molar-refractivity contribution is 0.750. The smallest absolute Gasteiger partial charge is 0.131 e. The number of hydrogen-bond acceptors (Lipinski definition) is 4. The first-order valence-corrected chi connectivity index (χ1v) is 5.37. The first-order chi connectivity index (χ1) is 7.10. The summed E-state index contributed by atoms with van der Waals surface area (Å²) in [7, 11) is 2.02. The molecule has 0 amide bonds. The summed E-state index contributed by atoms with van der Waals surface area (Å²) in [6, 6.07) is 0. The van der Waals surface area contributed by atoms with Crippen molar-refractivity contribution in [1.82, 2.24) is 9.97 Å². The van der Waals surface area contributed by atoms with Crippen LogP contribution in [0.1, 0.15) is 38.2 Å². The Balaban J connectivity index is 3.09. The Labute approximate surface area is 91.5 Å². The fraction of sp³-hybridized carbons (Fsp3) is 0.636. The van der Waals surface area contributed by atoms with E-state index < -0.39 is 0 Å². The molecule has 0 fully saturated rings. The lowest BCUT2D eigenvalue weighted by Crippen LogP contribution is -2.20. The number of rotatable bonds is 4. The Morgan fingerprint density at radius 2 is 2.13 bits per heavy atom. The molecule has 0 radical (unpaired) electrons. The molecule has 2 N–H and O–H groups in total. The zero-order chi connectivity index (χ0) is 11.4. The van der Waals surface area contributed by atoms with E-state index in [0.717, 1.165) is 23.8 Å². The topological polar surface area (TPSA) is 55.0 Å². The molecule has 1 aromatic rings. The van der Waals surface area contributed by atoms with Gasteiger partial charge in [-0.3, -0.25) is 0 Å². The van der Waals surface area contributed by atoms with Gasteiger partial charge in [0.2, 0.25) is 0 Å². The summed E-state index contributed by atoms with van der Waals surface area (Å²) in [5.41, 5.74) is 7.66. The highest BCUT2D eigenvalue weighted by Crippen LogP contribution is 2.18. The molecule has 0 aliphatic carbocycles. The maximum Gasteiger partial charge on any atom is 0.131 e. The van der Waals surface area contributed by atoms with Gasteiger partial charge < -0.3 is 10.6 Å². The van der Waals surface area contributed by atoms with Gasteiger partial charge in [-0.1, -0.05) is 13.8 Å². The van der Waals surface area contributed by atoms with Crippen LogP contribution in [0.15, 0.2) is 6.20 Å². The molecular formula is C11H20N4. The molecule has 0 atom stereocenters. The van der Waals surface area contributed by atoms with Crippen molar-refractivity contribution in [3.63, 3.8) is 0 Å². The minimum atomic E-state index is 0.344. The Hall–Kier alpha value is -1.16. The van der Waals surface area contributed by atoms with Crippen LogP contribution in [-0.4, -0.2) is 23.6 Å². The van der Waals surface area contributed by atoms with Gasteiger partial charge in [0.05, 0.1) is 17.6 Å². The molecule has 4 nitrogen and oxygen atoms in total. The van der Waals surface area contributed by atoms with Crippen molar-refractivity contribution in [2.45, 2.75) is 33.2 Å². The van der Waals surface area contributed by atoms with Crippen LogP contribution >= 0.6 is 0 Å². The number of aromatic nitrogens is 2. The molecule has 0 saturated carbocycles. The summed E-state index contributed by atoms with van der Waals surface area (Å²) in [6.07, 6.45) is 1.87. The van der Waals surface area contributed by atoms with E-state index in [9.17, 15) is 0 Å². The van der Waals surface area contributed by atoms with E-state index in [-0.39, 0.29) is 0 Å². The molecule has 4 heteroatoms. The highest BCUT2D eigenvalue weighted by Gasteiger charge is 2.10. The average molecular weight is 208 g/mol. The van der Waals surface area contributed by atoms with Crippen LogP contribution in [0.25, 0.3) is 0 Å². The van der Waals surface area contributed by atoms with Gasteiger partial charge >= 0.3 is 0 Å². The highest BCUT2D eigenvalue weighted by molar-refractivity contribution is 5.48. The maximum atomic E-state index is 5.70. The Morgan fingerprint density at radius 1 is 1.47 bits per heavy atom. The van der Waals surface area contributed by atoms with Crippen molar-refractivity contribution in [3.8, 4) is 0 Å². The van der Waals surface area contributed by atoms with Gasteiger partial charge in [-0.05, 0) is 6.92 Å². The standard InChI is InChI=1S/C11H20N4/c1-5-15(4)10-7-13-11(8(2)3)14-9(10)6-12/h7-8H,5-6,12H2,1-4H3. The molecule has 1 aromatic heterocycles. The van der Waals surface area contributed by atoms with Crippen LogP contribution in [-0.2, 0) is 6.54 Å². The first-order valence-electron chi connectivity index (χ1n) is 5.37. The van der Waals surface area contributed by atoms with Gasteiger partial charge in [0.15, 0.2) is 0 Å². The minimum Gasteiger partial charge on any atom is -0.372 e. The molecule has 0 unspecified atom stereocenters. The van der Waals surface area contributed by atoms with Crippen LogP contribution in [0.4, 0.5) is 5.69 Å². The van der Waals surface area contributed by atoms with Gasteiger partial charge in [-0.2, -0.15) is 0 Å². The third-order valence-electron chi connectivity index (χ3n) is 2.46. The number of nitrogens with two attached hydrogens (primary N) is 1. The van der Waals surface area contributed by atoms with Gasteiger partial charge in [-0.15, -0.1) is 0 Å². The molecule has 0 spiro atoms. The predicted octanol–water partition coefficient (Wildman–Crippen LogP) is 1.51. The van der Waals surface area contributed by atoms with Crippen molar-refractivity contribution >= 4 is 5.69 Å². The van der Waals surface area contributed by atoms with E-state index in [4.69, 9.17) is 5.73 Å². The zero-order valence-electron chi connectivity index (χ0n) is 9.99. The van der Waals surface area contributed by atoms with Crippen LogP contribution in [0, 0.1) is 0 Å². The molecule has 0 aliphatic rings. The van der Waals surface area contributed by atoms with E-state index in [1.54, 1.807) is 0 Å². The van der Waals surface area contributed by atoms with E-state index >= 15 is 0 Å². The van der Waals surface area contributed by atoms with E-state index in [1.807, 2.05) is 13.2 Å². The number of anilines is 1. The third kappa shape index (κ3) is 2.65. The van der Waals surface area contributed by atoms with Crippen molar-refractivity contribution < 1.29 is 0 Å². The van der Waals surface area contributed by atoms with Crippen molar-refractivity contribution in [2.75, 3.05) is 18.5 Å². The molecular weight excluding hydrogens is 188 g/mol. The lowest BCUT2D eigenvalue weighted by atomic mass is 10.2. The molecule has 84 valence electrons. The fourth-order valence-electron chi connectivity index (χ4n) is 1.34. The molecule has 0 saturated heterocycles. The average Bonchev–Trinajstić information content (AvgIpc) is 2.27. The molecule has 15 heavy (non-hydrogen) atoms. The van der Waals surface area contributed by atoms with Gasteiger partial charge in [0.1, 0.15) is 5.82 Å². The van der Waals surface area contributed by atoms with Crippen LogP contribution in [0.2, 0.25) is 0 Å². The Bertz CT molecular complexity index is 322. The van der Waals surface area contributed by atoms with Gasteiger partial charge in [0.25, 0.3) is 0 Å². The summed E-state index contributed by atoms with van der Waals surface area (Å²) in [5, 5.41) is 0. The summed E-state index contributed by atoms with van der Waals surface area (Å²) in [5.74, 6) is 1.21. The lowest BCUT2D eigenvalue weighted by Gasteiger charge is -2.19. The maximum absolute atomic E-state index is 5.70. The third-order valence-corrected chi connectivity index (χ3v) is 2.46. The SMILES string of the molecule is CCN(C)c1cnc(C(C)C)nc1CN. The van der Waals surface area contributed by atoms with Crippen LogP contribution < -0.4 is 10.6 Å². The highest BCUT2D eigenvalue weighted by atomic mass is 15.1.